The molecule has 1 aromatic heterocycles. The SMILES string of the molecule is CN=C(/C=C1\CC(=O)N(c2ccc(OCC(=O)C3CC3)nc2)CO1)OCC1CC1. The summed E-state index contributed by atoms with van der Waals surface area (Å²) >= 11 is 0. The van der Waals surface area contributed by atoms with Crippen molar-refractivity contribution in [2.24, 2.45) is 16.8 Å². The number of ketones is 1. The second kappa shape index (κ2) is 8.63. The Kier molecular flexibility index (Phi) is 5.78. The summed E-state index contributed by atoms with van der Waals surface area (Å²) in [6, 6.07) is 3.39. The summed E-state index contributed by atoms with van der Waals surface area (Å²) in [6.07, 6.45) is 7.67. The number of Topliss-reactive ketones (excluding diaryl/α,β-unsaturated/α-hetero) is 1. The Bertz CT molecular complexity index is 825. The fourth-order valence-corrected chi connectivity index (χ4v) is 2.91. The average Bonchev–Trinajstić information content (AvgIpc) is 3.63. The highest BCUT2D eigenvalue weighted by molar-refractivity contribution is 5.96. The van der Waals surface area contributed by atoms with Crippen molar-refractivity contribution in [2.45, 2.75) is 32.1 Å². The average molecular weight is 399 g/mol. The van der Waals surface area contributed by atoms with Crippen LogP contribution in [0.4, 0.5) is 5.69 Å². The van der Waals surface area contributed by atoms with Crippen molar-refractivity contribution in [3.05, 3.63) is 30.2 Å². The molecule has 8 nitrogen and oxygen atoms in total. The van der Waals surface area contributed by atoms with Crippen LogP contribution in [-0.2, 0) is 19.1 Å². The lowest BCUT2D eigenvalue weighted by molar-refractivity contribution is -0.122. The first-order valence-electron chi connectivity index (χ1n) is 9.97. The number of carbonyl (C=O) groups is 2. The van der Waals surface area contributed by atoms with Gasteiger partial charge in [-0.3, -0.25) is 19.5 Å². The molecule has 1 aliphatic heterocycles. The Morgan fingerprint density at radius 3 is 2.79 bits per heavy atom. The van der Waals surface area contributed by atoms with Crippen molar-refractivity contribution in [1.82, 2.24) is 4.98 Å². The van der Waals surface area contributed by atoms with Crippen LogP contribution in [0.1, 0.15) is 32.1 Å². The summed E-state index contributed by atoms with van der Waals surface area (Å²) in [4.78, 5) is 34.1. The van der Waals surface area contributed by atoms with Crippen LogP contribution in [0.5, 0.6) is 5.88 Å². The third kappa shape index (κ3) is 5.34. The van der Waals surface area contributed by atoms with Crippen molar-refractivity contribution < 1.29 is 23.8 Å². The summed E-state index contributed by atoms with van der Waals surface area (Å²) in [5, 5.41) is 0. The van der Waals surface area contributed by atoms with Gasteiger partial charge in [-0.1, -0.05) is 0 Å². The van der Waals surface area contributed by atoms with E-state index in [9.17, 15) is 9.59 Å². The van der Waals surface area contributed by atoms with E-state index in [0.29, 0.717) is 35.7 Å². The molecule has 1 saturated heterocycles. The zero-order valence-electron chi connectivity index (χ0n) is 16.5. The molecule has 1 aromatic rings. The van der Waals surface area contributed by atoms with Crippen LogP contribution in [0, 0.1) is 11.8 Å². The van der Waals surface area contributed by atoms with E-state index in [0.717, 1.165) is 12.8 Å². The van der Waals surface area contributed by atoms with Gasteiger partial charge in [0.25, 0.3) is 0 Å². The van der Waals surface area contributed by atoms with Gasteiger partial charge in [-0.15, -0.1) is 0 Å². The summed E-state index contributed by atoms with van der Waals surface area (Å²) < 4.78 is 16.8. The molecule has 2 saturated carbocycles. The first-order chi connectivity index (χ1) is 14.1. The molecule has 29 heavy (non-hydrogen) atoms. The molecule has 8 heteroatoms. The molecule has 2 heterocycles. The predicted molar refractivity (Wildman–Crippen MR) is 106 cm³/mol. The topological polar surface area (TPSA) is 90.3 Å². The molecular formula is C21H25N3O5. The Labute approximate surface area is 169 Å². The van der Waals surface area contributed by atoms with Crippen LogP contribution in [0.2, 0.25) is 0 Å². The van der Waals surface area contributed by atoms with Crippen LogP contribution in [0.15, 0.2) is 35.2 Å². The number of amides is 1. The van der Waals surface area contributed by atoms with Crippen LogP contribution >= 0.6 is 0 Å². The maximum Gasteiger partial charge on any atom is 0.237 e. The fraction of sp³-hybridized carbons (Fsp3) is 0.524. The van der Waals surface area contributed by atoms with E-state index in [1.807, 2.05) is 0 Å². The number of aromatic nitrogens is 1. The Hall–Kier alpha value is -2.90. The van der Waals surface area contributed by atoms with E-state index in [-0.39, 0.29) is 37.4 Å². The summed E-state index contributed by atoms with van der Waals surface area (Å²) in [5.41, 5.74) is 0.615. The number of aliphatic imine (C=N–C) groups is 1. The number of ether oxygens (including phenoxy) is 3. The Balaban J connectivity index is 1.30. The first kappa shape index (κ1) is 19.4. The number of anilines is 1. The highest BCUT2D eigenvalue weighted by atomic mass is 16.5. The lowest BCUT2D eigenvalue weighted by atomic mass is 10.2. The second-order valence-electron chi connectivity index (χ2n) is 7.58. The molecule has 4 rings (SSSR count). The minimum atomic E-state index is -0.0977. The molecule has 0 spiro atoms. The van der Waals surface area contributed by atoms with E-state index in [1.54, 1.807) is 31.5 Å². The minimum absolute atomic E-state index is 0.0427. The molecule has 1 amide bonds. The van der Waals surface area contributed by atoms with Gasteiger partial charge in [0.05, 0.1) is 24.9 Å². The Morgan fingerprint density at radius 1 is 1.34 bits per heavy atom. The largest absolute Gasteiger partial charge is 0.478 e. The molecular weight excluding hydrogens is 374 g/mol. The van der Waals surface area contributed by atoms with Crippen molar-refractivity contribution in [3.63, 3.8) is 0 Å². The third-order valence-electron chi connectivity index (χ3n) is 5.10. The molecule has 154 valence electrons. The first-order valence-corrected chi connectivity index (χ1v) is 9.97. The van der Waals surface area contributed by atoms with Gasteiger partial charge in [-0.05, 0) is 37.7 Å². The number of rotatable bonds is 8. The number of carbonyl (C=O) groups excluding carboxylic acids is 2. The van der Waals surface area contributed by atoms with Gasteiger partial charge >= 0.3 is 0 Å². The molecule has 0 radical (unpaired) electrons. The van der Waals surface area contributed by atoms with Crippen molar-refractivity contribution in [2.75, 3.05) is 31.9 Å². The molecule has 0 atom stereocenters. The second-order valence-corrected chi connectivity index (χ2v) is 7.58. The van der Waals surface area contributed by atoms with Crippen LogP contribution in [-0.4, -0.2) is 49.6 Å². The summed E-state index contributed by atoms with van der Waals surface area (Å²) in [7, 11) is 1.66. The lowest BCUT2D eigenvalue weighted by Gasteiger charge is -2.28. The van der Waals surface area contributed by atoms with Crippen LogP contribution < -0.4 is 9.64 Å². The Morgan fingerprint density at radius 2 is 2.17 bits per heavy atom. The van der Waals surface area contributed by atoms with E-state index >= 15 is 0 Å². The van der Waals surface area contributed by atoms with Gasteiger partial charge in [-0.2, -0.15) is 0 Å². The van der Waals surface area contributed by atoms with Crippen molar-refractivity contribution in [1.29, 1.82) is 0 Å². The number of pyridine rings is 1. The third-order valence-corrected chi connectivity index (χ3v) is 5.10. The summed E-state index contributed by atoms with van der Waals surface area (Å²) in [6.45, 7) is 0.788. The normalized spacial score (nSPS) is 21.1. The fourth-order valence-electron chi connectivity index (χ4n) is 2.91. The lowest BCUT2D eigenvalue weighted by Crippen LogP contribution is -2.37. The molecule has 0 unspecified atom stereocenters. The van der Waals surface area contributed by atoms with E-state index < -0.39 is 0 Å². The number of hydrogen-bond acceptors (Lipinski definition) is 7. The van der Waals surface area contributed by atoms with E-state index in [2.05, 4.69) is 9.98 Å². The molecule has 0 bridgehead atoms. The molecule has 3 fully saturated rings. The highest BCUT2D eigenvalue weighted by Gasteiger charge is 2.30. The molecule has 0 aromatic carbocycles. The van der Waals surface area contributed by atoms with Gasteiger partial charge in [0.15, 0.2) is 12.5 Å². The monoisotopic (exact) mass is 399 g/mol. The maximum absolute atomic E-state index is 12.6. The molecule has 0 N–H and O–H groups in total. The number of nitrogens with zero attached hydrogens (tertiary/aromatic N) is 3. The quantitative estimate of drug-likeness (QED) is 0.493. The number of hydrogen-bond donors (Lipinski definition) is 0. The zero-order valence-corrected chi connectivity index (χ0v) is 16.5. The maximum atomic E-state index is 12.6. The van der Waals surface area contributed by atoms with Crippen molar-refractivity contribution >= 4 is 23.3 Å². The predicted octanol–water partition coefficient (Wildman–Crippen LogP) is 2.49. The van der Waals surface area contributed by atoms with Gasteiger partial charge in [0.1, 0.15) is 12.4 Å². The van der Waals surface area contributed by atoms with E-state index in [1.165, 1.54) is 17.7 Å². The van der Waals surface area contributed by atoms with E-state index in [4.69, 9.17) is 14.2 Å². The smallest absolute Gasteiger partial charge is 0.237 e. The van der Waals surface area contributed by atoms with Crippen LogP contribution in [0.25, 0.3) is 0 Å². The zero-order chi connectivity index (χ0) is 20.2. The van der Waals surface area contributed by atoms with Crippen molar-refractivity contribution in [3.8, 4) is 5.88 Å². The summed E-state index contributed by atoms with van der Waals surface area (Å²) in [5.74, 6) is 2.19. The van der Waals surface area contributed by atoms with Gasteiger partial charge in [0, 0.05) is 25.1 Å². The highest BCUT2D eigenvalue weighted by Crippen LogP contribution is 2.30. The molecule has 2 aliphatic carbocycles. The standard InChI is InChI=1S/C21H25N3O5/c1-22-20(27-11-14-2-3-14)8-17-9-21(26)24(13-29-17)16-6-7-19(23-10-16)28-12-18(25)15-4-5-15/h6-8,10,14-15H,2-5,9,11-13H2,1H3/b17-8+,22-20?. The minimum Gasteiger partial charge on any atom is -0.478 e. The van der Waals surface area contributed by atoms with Gasteiger partial charge in [0.2, 0.25) is 17.7 Å². The van der Waals surface area contributed by atoms with Gasteiger partial charge in [-0.25, -0.2) is 4.98 Å². The molecule has 3 aliphatic rings. The van der Waals surface area contributed by atoms with Gasteiger partial charge < -0.3 is 14.2 Å². The van der Waals surface area contributed by atoms with Crippen LogP contribution in [0.3, 0.4) is 0 Å².